The number of hydrogen-bond acceptors (Lipinski definition) is 3. The molecule has 0 aromatic rings. The quantitative estimate of drug-likeness (QED) is 0.539. The van der Waals surface area contributed by atoms with Crippen LogP contribution in [0.15, 0.2) is 23.3 Å². The topological polar surface area (TPSA) is 12.0 Å². The molecule has 1 nitrogen and oxygen atoms in total. The van der Waals surface area contributed by atoms with Crippen molar-refractivity contribution in [1.82, 2.24) is 5.32 Å². The van der Waals surface area contributed by atoms with Gasteiger partial charge in [0.2, 0.25) is 0 Å². The van der Waals surface area contributed by atoms with E-state index >= 15 is 0 Å². The van der Waals surface area contributed by atoms with E-state index in [-0.39, 0.29) is 0 Å². The van der Waals surface area contributed by atoms with Crippen molar-refractivity contribution in [3.8, 4) is 0 Å². The Balaban J connectivity index is 2.27. The first-order valence-corrected chi connectivity index (χ1v) is 6.14. The van der Waals surface area contributed by atoms with E-state index in [0.29, 0.717) is 0 Å². The molecule has 0 saturated carbocycles. The molecule has 1 N–H and O–H groups in total. The van der Waals surface area contributed by atoms with E-state index in [1.807, 2.05) is 21.6 Å². The molecule has 0 aromatic heterocycles. The standard InChI is InChI=1S/C8H13NS2/c1-2-10-11-8-6-4-3-5-7-9-8/h3,5-6,9H,2,4,7H2,1H3. The summed E-state index contributed by atoms with van der Waals surface area (Å²) in [6.07, 6.45) is 7.66. The SMILES string of the molecule is CCSSC1=CCC=CCN1. The van der Waals surface area contributed by atoms with Crippen LogP contribution in [0.5, 0.6) is 0 Å². The summed E-state index contributed by atoms with van der Waals surface area (Å²) in [5.41, 5.74) is 0. The summed E-state index contributed by atoms with van der Waals surface area (Å²) in [6.45, 7) is 3.15. The highest BCUT2D eigenvalue weighted by atomic mass is 33.1. The molecule has 11 heavy (non-hydrogen) atoms. The Morgan fingerprint density at radius 2 is 2.45 bits per heavy atom. The lowest BCUT2D eigenvalue weighted by Gasteiger charge is -2.04. The molecule has 3 heteroatoms. The highest BCUT2D eigenvalue weighted by molar-refractivity contribution is 8.78. The Kier molecular flexibility index (Phi) is 4.62. The number of hydrogen-bond donors (Lipinski definition) is 1. The van der Waals surface area contributed by atoms with Crippen molar-refractivity contribution in [3.63, 3.8) is 0 Å². The Hall–Kier alpha value is -0.0200. The average Bonchev–Trinajstić information content (AvgIpc) is 2.28. The lowest BCUT2D eigenvalue weighted by atomic mass is 10.4. The van der Waals surface area contributed by atoms with E-state index in [0.717, 1.165) is 18.7 Å². The summed E-state index contributed by atoms with van der Waals surface area (Å²) >= 11 is 0. The van der Waals surface area contributed by atoms with Crippen LogP contribution < -0.4 is 5.32 Å². The van der Waals surface area contributed by atoms with Crippen molar-refractivity contribution in [2.45, 2.75) is 13.3 Å². The van der Waals surface area contributed by atoms with Crippen molar-refractivity contribution in [3.05, 3.63) is 23.3 Å². The molecular formula is C8H13NS2. The summed E-state index contributed by atoms with van der Waals surface area (Å²) in [7, 11) is 3.72. The molecule has 1 heterocycles. The van der Waals surface area contributed by atoms with Gasteiger partial charge in [0, 0.05) is 12.3 Å². The lowest BCUT2D eigenvalue weighted by molar-refractivity contribution is 0.975. The van der Waals surface area contributed by atoms with Gasteiger partial charge in [-0.3, -0.25) is 0 Å². The van der Waals surface area contributed by atoms with Crippen molar-refractivity contribution in [2.75, 3.05) is 12.3 Å². The third kappa shape index (κ3) is 3.77. The minimum Gasteiger partial charge on any atom is -0.376 e. The van der Waals surface area contributed by atoms with E-state index in [1.165, 1.54) is 5.03 Å². The summed E-state index contributed by atoms with van der Waals surface area (Å²) in [4.78, 5) is 0. The predicted octanol–water partition coefficient (Wildman–Crippen LogP) is 2.78. The number of rotatable bonds is 3. The maximum Gasteiger partial charge on any atom is 0.0754 e. The van der Waals surface area contributed by atoms with Gasteiger partial charge in [0.15, 0.2) is 0 Å². The molecule has 0 radical (unpaired) electrons. The summed E-state index contributed by atoms with van der Waals surface area (Å²) in [6, 6.07) is 0. The average molecular weight is 187 g/mol. The second-order valence-electron chi connectivity index (χ2n) is 2.15. The third-order valence-corrected chi connectivity index (χ3v) is 3.71. The van der Waals surface area contributed by atoms with Gasteiger partial charge in [-0.25, -0.2) is 0 Å². The molecule has 0 unspecified atom stereocenters. The third-order valence-electron chi connectivity index (χ3n) is 1.27. The first kappa shape index (κ1) is 9.07. The van der Waals surface area contributed by atoms with E-state index in [4.69, 9.17) is 0 Å². The summed E-state index contributed by atoms with van der Waals surface area (Å²) in [5.74, 6) is 1.16. The van der Waals surface area contributed by atoms with Gasteiger partial charge in [-0.05, 0) is 23.3 Å². The smallest absolute Gasteiger partial charge is 0.0754 e. The van der Waals surface area contributed by atoms with E-state index in [1.54, 1.807) is 0 Å². The van der Waals surface area contributed by atoms with Crippen molar-refractivity contribution in [2.24, 2.45) is 0 Å². The van der Waals surface area contributed by atoms with Gasteiger partial charge < -0.3 is 5.32 Å². The van der Waals surface area contributed by atoms with Gasteiger partial charge in [0.25, 0.3) is 0 Å². The molecule has 0 spiro atoms. The van der Waals surface area contributed by atoms with Gasteiger partial charge in [-0.15, -0.1) is 0 Å². The van der Waals surface area contributed by atoms with Crippen molar-refractivity contribution in [1.29, 1.82) is 0 Å². The Labute approximate surface area is 76.1 Å². The molecule has 1 aliphatic heterocycles. The lowest BCUT2D eigenvalue weighted by Crippen LogP contribution is -2.08. The van der Waals surface area contributed by atoms with Crippen LogP contribution in [0, 0.1) is 0 Å². The normalized spacial score (nSPS) is 17.0. The highest BCUT2D eigenvalue weighted by Crippen LogP contribution is 2.28. The van der Waals surface area contributed by atoms with Gasteiger partial charge in [0.05, 0.1) is 5.03 Å². The maximum absolute atomic E-state index is 3.33. The highest BCUT2D eigenvalue weighted by Gasteiger charge is 1.97. The second-order valence-corrected chi connectivity index (χ2v) is 4.77. The fraction of sp³-hybridized carbons (Fsp3) is 0.500. The Bertz CT molecular complexity index is 163. The van der Waals surface area contributed by atoms with Crippen LogP contribution in [-0.2, 0) is 0 Å². The molecular weight excluding hydrogens is 174 g/mol. The first-order valence-electron chi connectivity index (χ1n) is 3.82. The largest absolute Gasteiger partial charge is 0.376 e. The molecule has 0 aliphatic carbocycles. The molecule has 1 rings (SSSR count). The van der Waals surface area contributed by atoms with Crippen LogP contribution in [0.2, 0.25) is 0 Å². The van der Waals surface area contributed by atoms with Crippen LogP contribution in [0.3, 0.4) is 0 Å². The molecule has 0 fully saturated rings. The minimum atomic E-state index is 0.975. The molecule has 0 bridgehead atoms. The first-order chi connectivity index (χ1) is 5.43. The summed E-state index contributed by atoms with van der Waals surface area (Å²) < 4.78 is 0. The monoisotopic (exact) mass is 187 g/mol. The fourth-order valence-corrected chi connectivity index (χ4v) is 2.44. The van der Waals surface area contributed by atoms with E-state index in [9.17, 15) is 0 Å². The Morgan fingerprint density at radius 3 is 3.27 bits per heavy atom. The zero-order valence-corrected chi connectivity index (χ0v) is 8.30. The van der Waals surface area contributed by atoms with Crippen LogP contribution in [0.25, 0.3) is 0 Å². The number of allylic oxidation sites excluding steroid dienone is 2. The van der Waals surface area contributed by atoms with Gasteiger partial charge >= 0.3 is 0 Å². The molecule has 0 aromatic carbocycles. The van der Waals surface area contributed by atoms with Crippen LogP contribution in [-0.4, -0.2) is 12.3 Å². The Morgan fingerprint density at radius 1 is 1.55 bits per heavy atom. The van der Waals surface area contributed by atoms with E-state index in [2.05, 4.69) is 30.5 Å². The van der Waals surface area contributed by atoms with Crippen LogP contribution in [0.1, 0.15) is 13.3 Å². The zero-order chi connectivity index (χ0) is 7.94. The zero-order valence-electron chi connectivity index (χ0n) is 6.67. The van der Waals surface area contributed by atoms with Crippen LogP contribution in [0.4, 0.5) is 0 Å². The maximum atomic E-state index is 3.33. The molecule has 0 atom stereocenters. The van der Waals surface area contributed by atoms with Crippen molar-refractivity contribution >= 4 is 21.6 Å². The molecule has 0 amide bonds. The molecule has 1 aliphatic rings. The van der Waals surface area contributed by atoms with Gasteiger partial charge in [-0.1, -0.05) is 29.9 Å². The van der Waals surface area contributed by atoms with Gasteiger partial charge in [0.1, 0.15) is 0 Å². The predicted molar refractivity (Wildman–Crippen MR) is 55.6 cm³/mol. The second kappa shape index (κ2) is 5.61. The van der Waals surface area contributed by atoms with Gasteiger partial charge in [-0.2, -0.15) is 0 Å². The van der Waals surface area contributed by atoms with E-state index < -0.39 is 0 Å². The molecule has 62 valence electrons. The minimum absolute atomic E-state index is 0.975. The van der Waals surface area contributed by atoms with Crippen molar-refractivity contribution < 1.29 is 0 Å². The number of nitrogens with one attached hydrogen (secondary N) is 1. The summed E-state index contributed by atoms with van der Waals surface area (Å²) in [5, 5.41) is 4.64. The van der Waals surface area contributed by atoms with Crippen LogP contribution >= 0.6 is 21.6 Å². The molecule has 0 saturated heterocycles. The fourth-order valence-electron chi connectivity index (χ4n) is 0.772.